The maximum atomic E-state index is 11.1. The van der Waals surface area contributed by atoms with E-state index < -0.39 is 0 Å². The number of rotatable bonds is 0. The van der Waals surface area contributed by atoms with Crippen molar-refractivity contribution in [3.8, 4) is 0 Å². The summed E-state index contributed by atoms with van der Waals surface area (Å²) in [5, 5.41) is 0. The molecule has 2 heteroatoms. The van der Waals surface area contributed by atoms with E-state index in [9.17, 15) is 4.79 Å². The minimum atomic E-state index is 0.296. The minimum Gasteiger partial charge on any atom is -0.306 e. The van der Waals surface area contributed by atoms with Gasteiger partial charge in [-0.2, -0.15) is 0 Å². The Morgan fingerprint density at radius 3 is 2.90 bits per heavy atom. The Morgan fingerprint density at radius 2 is 2.20 bits per heavy atom. The fraction of sp³-hybridized carbons (Fsp3) is 0.875. The van der Waals surface area contributed by atoms with Crippen LogP contribution in [0, 0.1) is 5.92 Å². The zero-order valence-corrected chi connectivity index (χ0v) is 6.76. The molecule has 0 spiro atoms. The summed E-state index contributed by atoms with van der Waals surface area (Å²) in [6.07, 6.45) is 1.78. The van der Waals surface area contributed by atoms with Gasteiger partial charge in [-0.25, -0.2) is 0 Å². The molecule has 1 fully saturated rings. The fourth-order valence-corrected chi connectivity index (χ4v) is 1.23. The molecule has 1 aliphatic rings. The van der Waals surface area contributed by atoms with Crippen molar-refractivity contribution < 1.29 is 4.79 Å². The second-order valence-electron chi connectivity index (χ2n) is 3.21. The number of hydrogen-bond acceptors (Lipinski definition) is 2. The highest BCUT2D eigenvalue weighted by atomic mass is 16.1. The van der Waals surface area contributed by atoms with E-state index in [1.165, 1.54) is 0 Å². The van der Waals surface area contributed by atoms with Crippen molar-refractivity contribution in [1.82, 2.24) is 4.90 Å². The molecule has 1 unspecified atom stereocenters. The van der Waals surface area contributed by atoms with Gasteiger partial charge in [0.2, 0.25) is 0 Å². The quantitative estimate of drug-likeness (QED) is 0.500. The van der Waals surface area contributed by atoms with Crippen molar-refractivity contribution in [3.63, 3.8) is 0 Å². The first-order valence-electron chi connectivity index (χ1n) is 3.91. The van der Waals surface area contributed by atoms with Gasteiger partial charge in [-0.05, 0) is 20.0 Å². The zero-order valence-electron chi connectivity index (χ0n) is 6.76. The molecule has 1 aliphatic heterocycles. The first-order valence-corrected chi connectivity index (χ1v) is 3.91. The first kappa shape index (κ1) is 7.73. The Balaban J connectivity index is 2.46. The molecule has 1 rings (SSSR count). The number of carbonyl (C=O) groups excluding carboxylic acids is 1. The lowest BCUT2D eigenvalue weighted by atomic mass is 10.0. The predicted molar refractivity (Wildman–Crippen MR) is 40.9 cm³/mol. The number of hydrogen-bond donors (Lipinski definition) is 0. The predicted octanol–water partition coefficient (Wildman–Crippen LogP) is 0.917. The average Bonchev–Trinajstić information content (AvgIpc) is 2.04. The number of carbonyl (C=O) groups is 1. The molecule has 1 heterocycles. The molecule has 0 saturated carbocycles. The lowest BCUT2D eigenvalue weighted by Crippen LogP contribution is -2.18. The van der Waals surface area contributed by atoms with E-state index in [4.69, 9.17) is 0 Å². The van der Waals surface area contributed by atoms with Crippen LogP contribution in [-0.4, -0.2) is 30.8 Å². The van der Waals surface area contributed by atoms with Gasteiger partial charge in [0.15, 0.2) is 0 Å². The third kappa shape index (κ3) is 1.81. The molecule has 0 amide bonds. The molecular weight excluding hydrogens is 126 g/mol. The van der Waals surface area contributed by atoms with Crippen molar-refractivity contribution >= 4 is 5.78 Å². The van der Waals surface area contributed by atoms with Crippen LogP contribution < -0.4 is 0 Å². The lowest BCUT2D eigenvalue weighted by molar-refractivity contribution is -0.122. The monoisotopic (exact) mass is 141 g/mol. The molecular formula is C8H15NO. The van der Waals surface area contributed by atoms with Crippen molar-refractivity contribution in [2.24, 2.45) is 5.92 Å². The van der Waals surface area contributed by atoms with Crippen LogP contribution in [0.3, 0.4) is 0 Å². The summed E-state index contributed by atoms with van der Waals surface area (Å²) >= 11 is 0. The largest absolute Gasteiger partial charge is 0.306 e. The third-order valence-electron chi connectivity index (χ3n) is 2.23. The van der Waals surface area contributed by atoms with Crippen molar-refractivity contribution in [3.05, 3.63) is 0 Å². The van der Waals surface area contributed by atoms with Gasteiger partial charge in [-0.3, -0.25) is 4.79 Å². The van der Waals surface area contributed by atoms with E-state index in [1.54, 1.807) is 0 Å². The molecule has 2 nitrogen and oxygen atoms in total. The Bertz CT molecular complexity index is 133. The first-order chi connectivity index (χ1) is 4.70. The lowest BCUT2D eigenvalue weighted by Gasteiger charge is -2.10. The standard InChI is InChI=1S/C8H15NO/c1-7-3-5-9(2)6-4-8(7)10/h7H,3-6H2,1-2H3. The maximum Gasteiger partial charge on any atom is 0.137 e. The molecule has 1 saturated heterocycles. The van der Waals surface area contributed by atoms with E-state index in [2.05, 4.69) is 11.9 Å². The van der Waals surface area contributed by atoms with Crippen LogP contribution in [0.2, 0.25) is 0 Å². The Labute approximate surface area is 62.2 Å². The third-order valence-corrected chi connectivity index (χ3v) is 2.23. The average molecular weight is 141 g/mol. The van der Waals surface area contributed by atoms with Gasteiger partial charge in [0, 0.05) is 18.9 Å². The van der Waals surface area contributed by atoms with Crippen molar-refractivity contribution in [2.45, 2.75) is 19.8 Å². The summed E-state index contributed by atoms with van der Waals surface area (Å²) in [4.78, 5) is 13.4. The number of Topliss-reactive ketones (excluding diaryl/α,β-unsaturated/α-hetero) is 1. The summed E-state index contributed by atoms with van der Waals surface area (Å²) in [6, 6.07) is 0. The molecule has 0 bridgehead atoms. The highest BCUT2D eigenvalue weighted by molar-refractivity contribution is 5.81. The molecule has 0 radical (unpaired) electrons. The molecule has 10 heavy (non-hydrogen) atoms. The second kappa shape index (κ2) is 3.15. The number of nitrogens with zero attached hydrogens (tertiary/aromatic N) is 1. The Kier molecular flexibility index (Phi) is 2.44. The van der Waals surface area contributed by atoms with Crippen LogP contribution >= 0.6 is 0 Å². The van der Waals surface area contributed by atoms with Gasteiger partial charge >= 0.3 is 0 Å². The molecule has 1 atom stereocenters. The van der Waals surface area contributed by atoms with Crippen molar-refractivity contribution in [1.29, 1.82) is 0 Å². The topological polar surface area (TPSA) is 20.3 Å². The second-order valence-corrected chi connectivity index (χ2v) is 3.21. The Morgan fingerprint density at radius 1 is 1.50 bits per heavy atom. The molecule has 0 aromatic carbocycles. The highest BCUT2D eigenvalue weighted by Crippen LogP contribution is 2.11. The van der Waals surface area contributed by atoms with Crippen LogP contribution in [0.5, 0.6) is 0 Å². The molecule has 0 aromatic rings. The molecule has 58 valence electrons. The van der Waals surface area contributed by atoms with E-state index in [0.29, 0.717) is 11.7 Å². The van der Waals surface area contributed by atoms with Crippen LogP contribution in [0.25, 0.3) is 0 Å². The summed E-state index contributed by atoms with van der Waals surface area (Å²) in [5.41, 5.74) is 0. The Hall–Kier alpha value is -0.370. The van der Waals surface area contributed by atoms with E-state index in [-0.39, 0.29) is 0 Å². The van der Waals surface area contributed by atoms with E-state index >= 15 is 0 Å². The summed E-state index contributed by atoms with van der Waals surface area (Å²) < 4.78 is 0. The fourth-order valence-electron chi connectivity index (χ4n) is 1.23. The van der Waals surface area contributed by atoms with Gasteiger partial charge in [0.25, 0.3) is 0 Å². The van der Waals surface area contributed by atoms with Crippen LogP contribution in [-0.2, 0) is 4.79 Å². The van der Waals surface area contributed by atoms with Gasteiger partial charge in [0.05, 0.1) is 0 Å². The molecule has 0 aromatic heterocycles. The van der Waals surface area contributed by atoms with E-state index in [0.717, 1.165) is 25.9 Å². The summed E-state index contributed by atoms with van der Waals surface area (Å²) in [6.45, 7) is 4.05. The highest BCUT2D eigenvalue weighted by Gasteiger charge is 2.17. The van der Waals surface area contributed by atoms with Gasteiger partial charge < -0.3 is 4.90 Å². The minimum absolute atomic E-state index is 0.296. The number of likely N-dealkylation sites (tertiary alicyclic amines) is 1. The van der Waals surface area contributed by atoms with Gasteiger partial charge in [0.1, 0.15) is 5.78 Å². The van der Waals surface area contributed by atoms with Crippen LogP contribution in [0.4, 0.5) is 0 Å². The number of ketones is 1. The zero-order chi connectivity index (χ0) is 7.56. The summed E-state index contributed by atoms with van der Waals surface area (Å²) in [5.74, 6) is 0.731. The van der Waals surface area contributed by atoms with E-state index in [1.807, 2.05) is 6.92 Å². The van der Waals surface area contributed by atoms with Gasteiger partial charge in [-0.1, -0.05) is 6.92 Å². The SMILES string of the molecule is CC1CCN(C)CCC1=O. The van der Waals surface area contributed by atoms with Gasteiger partial charge in [-0.15, -0.1) is 0 Å². The van der Waals surface area contributed by atoms with Crippen molar-refractivity contribution in [2.75, 3.05) is 20.1 Å². The smallest absolute Gasteiger partial charge is 0.137 e. The maximum absolute atomic E-state index is 11.1. The van der Waals surface area contributed by atoms with Crippen LogP contribution in [0.15, 0.2) is 0 Å². The molecule has 0 N–H and O–H groups in total. The normalized spacial score (nSPS) is 30.2. The van der Waals surface area contributed by atoms with Crippen LogP contribution in [0.1, 0.15) is 19.8 Å². The summed E-state index contributed by atoms with van der Waals surface area (Å²) in [7, 11) is 2.07. The molecule has 0 aliphatic carbocycles.